The van der Waals surface area contributed by atoms with Gasteiger partial charge in [-0.1, -0.05) is 16.9 Å². The molecule has 0 rings (SSSR count). The monoisotopic (exact) mass is 134 g/mol. The fraction of sp³-hybridized carbons (Fsp3) is 0.250. The Morgan fingerprint density at radius 2 is 2.43 bits per heavy atom. The zero-order valence-corrected chi connectivity index (χ0v) is 5.43. The van der Waals surface area contributed by atoms with E-state index >= 15 is 0 Å². The van der Waals surface area contributed by atoms with Gasteiger partial charge in [0.05, 0.1) is 0 Å². The third-order valence-electron chi connectivity index (χ3n) is 0.293. The van der Waals surface area contributed by atoms with E-state index in [9.17, 15) is 4.79 Å². The molecule has 0 heterocycles. The summed E-state index contributed by atoms with van der Waals surface area (Å²) in [5.74, 6) is 0.837. The molecule has 0 aromatic rings. The molecule has 0 amide bonds. The zero-order valence-electron chi connectivity index (χ0n) is 3.79. The average Bonchev–Trinajstić information content (AvgIpc) is 1.69. The Balaban J connectivity index is 2.68. The van der Waals surface area contributed by atoms with Gasteiger partial charge in [-0.2, -0.15) is 0 Å². The lowest BCUT2D eigenvalue weighted by atomic mass is 10.8. The second kappa shape index (κ2) is 6.11. The molecular weight excluding hydrogens is 128 g/mol. The Labute approximate surface area is 51.0 Å². The number of carbonyl (C=O) groups is 1. The molecule has 3 heteroatoms. The van der Waals surface area contributed by atoms with Crippen LogP contribution in [0.1, 0.15) is 0 Å². The normalized spacial score (nSPS) is 8.00. The quantitative estimate of drug-likeness (QED) is 0.252. The first-order valence-corrected chi connectivity index (χ1v) is 4.13. The summed E-state index contributed by atoms with van der Waals surface area (Å²) >= 11 is 0. The van der Waals surface area contributed by atoms with E-state index in [-0.39, 0.29) is 0 Å². The molecule has 7 heavy (non-hydrogen) atoms. The molecule has 0 aromatic carbocycles. The predicted octanol–water partition coefficient (Wildman–Crippen LogP) is 1.74. The van der Waals surface area contributed by atoms with Crippen LogP contribution in [-0.4, -0.2) is 11.4 Å². The average molecular weight is 134 g/mol. The van der Waals surface area contributed by atoms with E-state index in [4.69, 9.17) is 0 Å². The summed E-state index contributed by atoms with van der Waals surface area (Å²) in [6.07, 6.45) is 1.77. The smallest absolute Gasteiger partial charge is 0.186 e. The van der Waals surface area contributed by atoms with Crippen molar-refractivity contribution in [2.45, 2.75) is 0 Å². The first-order valence-electron chi connectivity index (χ1n) is 1.74. The zero-order chi connectivity index (χ0) is 5.54. The topological polar surface area (TPSA) is 17.1 Å². The van der Waals surface area contributed by atoms with Gasteiger partial charge in [0.2, 0.25) is 0 Å². The highest BCUT2D eigenvalue weighted by Gasteiger charge is 1.77. The molecule has 40 valence electrons. The predicted molar refractivity (Wildman–Crippen MR) is 37.0 cm³/mol. The summed E-state index contributed by atoms with van der Waals surface area (Å²) < 4.78 is 0. The lowest BCUT2D eigenvalue weighted by molar-refractivity contribution is 0.570. The largest absolute Gasteiger partial charge is 0.290 e. The van der Waals surface area contributed by atoms with E-state index in [0.717, 1.165) is 11.4 Å². The van der Waals surface area contributed by atoms with Crippen molar-refractivity contribution in [3.63, 3.8) is 0 Å². The third-order valence-corrected chi connectivity index (χ3v) is 1.93. The van der Waals surface area contributed by atoms with Crippen molar-refractivity contribution < 1.29 is 4.79 Å². The van der Waals surface area contributed by atoms with Gasteiger partial charge in [0.1, 0.15) is 0 Å². The minimum Gasteiger partial charge on any atom is -0.290 e. The summed E-state index contributed by atoms with van der Waals surface area (Å²) in [7, 11) is 2.68. The van der Waals surface area contributed by atoms with Crippen molar-refractivity contribution in [2.24, 2.45) is 0 Å². The molecule has 0 saturated heterocycles. The van der Waals surface area contributed by atoms with Crippen molar-refractivity contribution in [1.29, 1.82) is 0 Å². The number of hydrogen-bond acceptors (Lipinski definition) is 3. The molecule has 0 radical (unpaired) electrons. The minimum absolute atomic E-state index is 0.814. The van der Waals surface area contributed by atoms with Gasteiger partial charge in [0.25, 0.3) is 0 Å². The van der Waals surface area contributed by atoms with Crippen LogP contribution in [0.3, 0.4) is 0 Å². The van der Waals surface area contributed by atoms with E-state index in [1.165, 1.54) is 21.6 Å². The van der Waals surface area contributed by atoms with Crippen LogP contribution in [0.2, 0.25) is 0 Å². The van der Waals surface area contributed by atoms with Gasteiger partial charge in [-0.15, -0.1) is 6.58 Å². The third kappa shape index (κ3) is 6.11. The highest BCUT2D eigenvalue weighted by molar-refractivity contribution is 8.81. The Bertz CT molecular complexity index is 54.7. The summed E-state index contributed by atoms with van der Waals surface area (Å²) in [6.45, 7) is 3.48. The molecule has 0 unspecified atom stereocenters. The Morgan fingerprint density at radius 3 is 2.86 bits per heavy atom. The van der Waals surface area contributed by atoms with Crippen LogP contribution in [0.4, 0.5) is 0 Å². The first kappa shape index (κ1) is 7.11. The van der Waals surface area contributed by atoms with Crippen LogP contribution in [0.15, 0.2) is 12.7 Å². The maximum Gasteiger partial charge on any atom is 0.186 e. The second-order valence-electron chi connectivity index (χ2n) is 0.766. The second-order valence-corrected chi connectivity index (χ2v) is 3.00. The standard InChI is InChI=1S/C4H6OS2/c1-2-3-6-7-4-5/h2,4H,1,3H2. The number of carbonyl (C=O) groups excluding carboxylic acids is 1. The lowest BCUT2D eigenvalue weighted by Crippen LogP contribution is -1.59. The molecule has 0 aromatic heterocycles. The highest BCUT2D eigenvalue weighted by atomic mass is 33.1. The molecule has 0 aliphatic rings. The van der Waals surface area contributed by atoms with Crippen LogP contribution in [0.25, 0.3) is 0 Å². The molecule has 0 bridgehead atoms. The summed E-state index contributed by atoms with van der Waals surface area (Å²) in [5.41, 5.74) is 0.814. The fourth-order valence-electron chi connectivity index (χ4n) is 0.115. The van der Waals surface area contributed by atoms with Crippen LogP contribution in [0, 0.1) is 0 Å². The molecule has 0 aliphatic carbocycles. The molecule has 1 nitrogen and oxygen atoms in total. The van der Waals surface area contributed by atoms with E-state index in [0.29, 0.717) is 0 Å². The maximum atomic E-state index is 9.59. The molecule has 0 atom stereocenters. The van der Waals surface area contributed by atoms with Crippen molar-refractivity contribution in [3.8, 4) is 0 Å². The Kier molecular flexibility index (Phi) is 6.21. The van der Waals surface area contributed by atoms with Crippen LogP contribution in [0.5, 0.6) is 0 Å². The van der Waals surface area contributed by atoms with Crippen LogP contribution in [-0.2, 0) is 4.79 Å². The minimum atomic E-state index is 0.814. The van der Waals surface area contributed by atoms with Crippen LogP contribution >= 0.6 is 21.6 Å². The molecule has 0 fully saturated rings. The molecular formula is C4H6OS2. The lowest BCUT2D eigenvalue weighted by Gasteiger charge is -1.81. The molecule has 0 spiro atoms. The van der Waals surface area contributed by atoms with Gasteiger partial charge in [-0.05, 0) is 10.8 Å². The Hall–Kier alpha value is 0.110. The first-order chi connectivity index (χ1) is 3.41. The van der Waals surface area contributed by atoms with E-state index in [1.54, 1.807) is 6.08 Å². The maximum absolute atomic E-state index is 9.59. The van der Waals surface area contributed by atoms with Gasteiger partial charge in [0.15, 0.2) is 5.62 Å². The van der Waals surface area contributed by atoms with E-state index < -0.39 is 0 Å². The van der Waals surface area contributed by atoms with Gasteiger partial charge >= 0.3 is 0 Å². The van der Waals surface area contributed by atoms with Crippen molar-refractivity contribution in [3.05, 3.63) is 12.7 Å². The van der Waals surface area contributed by atoms with E-state index in [1.807, 2.05) is 0 Å². The summed E-state index contributed by atoms with van der Waals surface area (Å²) in [4.78, 5) is 9.59. The van der Waals surface area contributed by atoms with Crippen LogP contribution < -0.4 is 0 Å². The summed E-state index contributed by atoms with van der Waals surface area (Å²) in [6, 6.07) is 0. The fourth-order valence-corrected chi connectivity index (χ4v) is 1.04. The molecule has 0 N–H and O–H groups in total. The number of hydrogen-bond donors (Lipinski definition) is 0. The number of rotatable bonds is 4. The Morgan fingerprint density at radius 1 is 1.71 bits per heavy atom. The highest BCUT2D eigenvalue weighted by Crippen LogP contribution is 2.16. The van der Waals surface area contributed by atoms with Gasteiger partial charge < -0.3 is 0 Å². The van der Waals surface area contributed by atoms with Gasteiger partial charge in [-0.25, -0.2) is 0 Å². The van der Waals surface area contributed by atoms with Crippen molar-refractivity contribution in [1.82, 2.24) is 0 Å². The molecule has 0 aliphatic heterocycles. The molecule has 0 saturated carbocycles. The van der Waals surface area contributed by atoms with Gasteiger partial charge in [0, 0.05) is 5.75 Å². The van der Waals surface area contributed by atoms with E-state index in [2.05, 4.69) is 6.58 Å². The van der Waals surface area contributed by atoms with Crippen molar-refractivity contribution in [2.75, 3.05) is 5.75 Å². The summed E-state index contributed by atoms with van der Waals surface area (Å²) in [5, 5.41) is 0. The van der Waals surface area contributed by atoms with Gasteiger partial charge in [-0.3, -0.25) is 4.79 Å². The SMILES string of the molecule is C=CCSSC=O. The van der Waals surface area contributed by atoms with Crippen molar-refractivity contribution >= 4 is 27.2 Å².